The van der Waals surface area contributed by atoms with E-state index in [4.69, 9.17) is 5.73 Å². The molecule has 0 aliphatic heterocycles. The van der Waals surface area contributed by atoms with Crippen LogP contribution in [0.15, 0.2) is 5.16 Å². The Hall–Kier alpha value is -1.15. The third-order valence-corrected chi connectivity index (χ3v) is 4.72. The van der Waals surface area contributed by atoms with Crippen LogP contribution in [0.2, 0.25) is 0 Å². The first-order valence-corrected chi connectivity index (χ1v) is 8.64. The number of carbonyl (C=O) groups excluding carboxylic acids is 1. The molecule has 1 aliphatic rings. The molecule has 7 nitrogen and oxygen atoms in total. The average molecular weight is 312 g/mol. The Balaban J connectivity index is 1.82. The van der Waals surface area contributed by atoms with E-state index in [1.807, 2.05) is 4.68 Å². The summed E-state index contributed by atoms with van der Waals surface area (Å²) in [6.45, 7) is 2.87. The first kappa shape index (κ1) is 16.2. The summed E-state index contributed by atoms with van der Waals surface area (Å²) in [6.07, 6.45) is 6.48. The fraction of sp³-hybridized carbons (Fsp3) is 0.846. The normalized spacial score (nSPS) is 17.2. The van der Waals surface area contributed by atoms with E-state index in [1.54, 1.807) is 11.8 Å². The molecule has 0 bridgehead atoms. The van der Waals surface area contributed by atoms with Gasteiger partial charge < -0.3 is 11.1 Å². The second-order valence-corrected chi connectivity index (χ2v) is 6.45. The Labute approximate surface area is 129 Å². The highest BCUT2D eigenvalue weighted by Crippen LogP contribution is 2.31. The molecule has 118 valence electrons. The lowest BCUT2D eigenvalue weighted by Crippen LogP contribution is -2.42. The number of rotatable bonds is 9. The van der Waals surface area contributed by atoms with Crippen LogP contribution in [0.1, 0.15) is 51.5 Å². The number of primary amides is 1. The van der Waals surface area contributed by atoms with Crippen molar-refractivity contribution in [1.82, 2.24) is 25.5 Å². The Bertz CT molecular complexity index is 446. The van der Waals surface area contributed by atoms with E-state index in [2.05, 4.69) is 27.8 Å². The van der Waals surface area contributed by atoms with Gasteiger partial charge in [0.15, 0.2) is 0 Å². The molecular weight excluding hydrogens is 288 g/mol. The second kappa shape index (κ2) is 8.33. The van der Waals surface area contributed by atoms with Gasteiger partial charge in [0.25, 0.3) is 0 Å². The van der Waals surface area contributed by atoms with Crippen molar-refractivity contribution in [3.05, 3.63) is 0 Å². The highest BCUT2D eigenvalue weighted by molar-refractivity contribution is 7.99. The van der Waals surface area contributed by atoms with Crippen LogP contribution in [0.25, 0.3) is 0 Å². The van der Waals surface area contributed by atoms with Crippen LogP contribution in [-0.4, -0.2) is 44.5 Å². The Morgan fingerprint density at radius 3 is 2.95 bits per heavy atom. The SMILES string of the molecule is CCCNC(CCSc1nnnn1C1CCCC1)C(N)=O. The highest BCUT2D eigenvalue weighted by Gasteiger charge is 2.22. The van der Waals surface area contributed by atoms with Crippen molar-refractivity contribution in [2.75, 3.05) is 12.3 Å². The van der Waals surface area contributed by atoms with Crippen molar-refractivity contribution in [3.63, 3.8) is 0 Å². The number of nitrogens with zero attached hydrogens (tertiary/aromatic N) is 4. The molecule has 1 aromatic rings. The van der Waals surface area contributed by atoms with Gasteiger partial charge in [-0.1, -0.05) is 31.5 Å². The van der Waals surface area contributed by atoms with E-state index >= 15 is 0 Å². The van der Waals surface area contributed by atoms with E-state index in [0.29, 0.717) is 12.5 Å². The topological polar surface area (TPSA) is 98.7 Å². The smallest absolute Gasteiger partial charge is 0.234 e. The molecule has 1 unspecified atom stereocenters. The van der Waals surface area contributed by atoms with Crippen molar-refractivity contribution in [2.24, 2.45) is 5.73 Å². The molecule has 1 amide bonds. The van der Waals surface area contributed by atoms with Gasteiger partial charge in [-0.3, -0.25) is 4.79 Å². The molecule has 8 heteroatoms. The third-order valence-electron chi connectivity index (χ3n) is 3.76. The summed E-state index contributed by atoms with van der Waals surface area (Å²) in [5.41, 5.74) is 5.41. The summed E-state index contributed by atoms with van der Waals surface area (Å²) in [4.78, 5) is 11.4. The fourth-order valence-electron chi connectivity index (χ4n) is 2.59. The Morgan fingerprint density at radius 2 is 2.29 bits per heavy atom. The first-order chi connectivity index (χ1) is 10.2. The maximum atomic E-state index is 11.4. The number of nitrogens with two attached hydrogens (primary N) is 1. The van der Waals surface area contributed by atoms with Gasteiger partial charge in [-0.25, -0.2) is 4.68 Å². The predicted molar refractivity (Wildman–Crippen MR) is 81.9 cm³/mol. The van der Waals surface area contributed by atoms with E-state index in [1.165, 1.54) is 12.8 Å². The molecule has 1 atom stereocenters. The van der Waals surface area contributed by atoms with Crippen molar-refractivity contribution >= 4 is 17.7 Å². The number of aromatic nitrogens is 4. The average Bonchev–Trinajstić information content (AvgIpc) is 3.12. The van der Waals surface area contributed by atoms with Crippen LogP contribution in [-0.2, 0) is 4.79 Å². The number of hydrogen-bond acceptors (Lipinski definition) is 6. The summed E-state index contributed by atoms with van der Waals surface area (Å²) < 4.78 is 1.94. The molecule has 1 fully saturated rings. The zero-order valence-electron chi connectivity index (χ0n) is 12.5. The summed E-state index contributed by atoms with van der Waals surface area (Å²) >= 11 is 1.60. The van der Waals surface area contributed by atoms with Crippen LogP contribution in [0.4, 0.5) is 0 Å². The van der Waals surface area contributed by atoms with Gasteiger partial charge in [0.2, 0.25) is 11.1 Å². The molecular formula is C13H24N6OS. The van der Waals surface area contributed by atoms with Gasteiger partial charge in [0, 0.05) is 5.75 Å². The van der Waals surface area contributed by atoms with Crippen molar-refractivity contribution < 1.29 is 4.79 Å². The lowest BCUT2D eigenvalue weighted by Gasteiger charge is -2.15. The largest absolute Gasteiger partial charge is 0.368 e. The quantitative estimate of drug-likeness (QED) is 0.663. The van der Waals surface area contributed by atoms with E-state index < -0.39 is 0 Å². The highest BCUT2D eigenvalue weighted by atomic mass is 32.2. The number of nitrogens with one attached hydrogen (secondary N) is 1. The lowest BCUT2D eigenvalue weighted by atomic mass is 10.2. The maximum absolute atomic E-state index is 11.4. The van der Waals surface area contributed by atoms with Gasteiger partial charge in [-0.05, 0) is 42.7 Å². The van der Waals surface area contributed by atoms with Gasteiger partial charge in [0.05, 0.1) is 12.1 Å². The molecule has 1 aromatic heterocycles. The molecule has 1 aliphatic carbocycles. The monoisotopic (exact) mass is 312 g/mol. The van der Waals surface area contributed by atoms with Crippen LogP contribution < -0.4 is 11.1 Å². The number of tetrazole rings is 1. The summed E-state index contributed by atoms with van der Waals surface area (Å²) in [6, 6.07) is 0.168. The van der Waals surface area contributed by atoms with Gasteiger partial charge in [0.1, 0.15) is 0 Å². The first-order valence-electron chi connectivity index (χ1n) is 7.65. The van der Waals surface area contributed by atoms with Crippen molar-refractivity contribution in [2.45, 2.75) is 62.7 Å². The van der Waals surface area contributed by atoms with Crippen LogP contribution in [0.5, 0.6) is 0 Å². The molecule has 1 saturated carbocycles. The zero-order chi connectivity index (χ0) is 15.1. The van der Waals surface area contributed by atoms with E-state index in [-0.39, 0.29) is 11.9 Å². The summed E-state index contributed by atoms with van der Waals surface area (Å²) in [7, 11) is 0. The molecule has 0 spiro atoms. The molecule has 0 radical (unpaired) electrons. The lowest BCUT2D eigenvalue weighted by molar-refractivity contribution is -0.120. The molecule has 0 aromatic carbocycles. The number of hydrogen-bond donors (Lipinski definition) is 2. The molecule has 1 heterocycles. The molecule has 2 rings (SSSR count). The van der Waals surface area contributed by atoms with Crippen LogP contribution in [0, 0.1) is 0 Å². The summed E-state index contributed by atoms with van der Waals surface area (Å²) in [5.74, 6) is 0.483. The van der Waals surface area contributed by atoms with Gasteiger partial charge in [-0.2, -0.15) is 0 Å². The Kier molecular flexibility index (Phi) is 6.44. The van der Waals surface area contributed by atoms with Crippen molar-refractivity contribution in [1.29, 1.82) is 0 Å². The zero-order valence-corrected chi connectivity index (χ0v) is 13.3. The minimum absolute atomic E-state index is 0.270. The standard InChI is InChI=1S/C13H24N6OS/c1-2-8-15-11(12(14)20)7-9-21-13-16-17-18-19(13)10-5-3-4-6-10/h10-11,15H,2-9H2,1H3,(H2,14,20). The third kappa shape index (κ3) is 4.67. The van der Waals surface area contributed by atoms with Gasteiger partial charge in [-0.15, -0.1) is 5.10 Å². The minimum atomic E-state index is -0.292. The van der Waals surface area contributed by atoms with Crippen LogP contribution in [0.3, 0.4) is 0 Å². The van der Waals surface area contributed by atoms with Crippen molar-refractivity contribution in [3.8, 4) is 0 Å². The molecule has 0 saturated heterocycles. The predicted octanol–water partition coefficient (Wildman–Crippen LogP) is 1.12. The number of carbonyl (C=O) groups is 1. The molecule has 3 N–H and O–H groups in total. The van der Waals surface area contributed by atoms with Crippen LogP contribution >= 0.6 is 11.8 Å². The number of amides is 1. The molecule has 21 heavy (non-hydrogen) atoms. The second-order valence-electron chi connectivity index (χ2n) is 5.39. The van der Waals surface area contributed by atoms with E-state index in [0.717, 1.165) is 36.7 Å². The Morgan fingerprint density at radius 1 is 1.52 bits per heavy atom. The fourth-order valence-corrected chi connectivity index (χ4v) is 3.54. The van der Waals surface area contributed by atoms with E-state index in [9.17, 15) is 4.79 Å². The minimum Gasteiger partial charge on any atom is -0.368 e. The summed E-state index contributed by atoms with van der Waals surface area (Å²) in [5, 5.41) is 16.0. The maximum Gasteiger partial charge on any atom is 0.234 e. The van der Waals surface area contributed by atoms with Gasteiger partial charge >= 0.3 is 0 Å². The number of thioether (sulfide) groups is 1.